The van der Waals surface area contributed by atoms with Gasteiger partial charge in [0.05, 0.1) is 18.5 Å². The molecule has 2 heterocycles. The van der Waals surface area contributed by atoms with Crippen molar-refractivity contribution in [2.24, 2.45) is 4.99 Å². The molecule has 1 saturated heterocycles. The van der Waals surface area contributed by atoms with Gasteiger partial charge in [0.2, 0.25) is 0 Å². The van der Waals surface area contributed by atoms with E-state index >= 15 is 0 Å². The third kappa shape index (κ3) is 5.67. The molecule has 1 aliphatic heterocycles. The Hall–Kier alpha value is -2.71. The molecule has 1 unspecified atom stereocenters. The summed E-state index contributed by atoms with van der Waals surface area (Å²) in [5, 5.41) is 6.27. The van der Waals surface area contributed by atoms with E-state index in [1.54, 1.807) is 43.7 Å². The van der Waals surface area contributed by atoms with Gasteiger partial charge >= 0.3 is 0 Å². The van der Waals surface area contributed by atoms with Crippen LogP contribution in [0.3, 0.4) is 0 Å². The Bertz CT molecular complexity index is 910. The number of aromatic nitrogens is 2. The van der Waals surface area contributed by atoms with Crippen LogP contribution in [-0.2, 0) is 0 Å². The minimum atomic E-state index is -1.25. The highest BCUT2D eigenvalue weighted by Gasteiger charge is 2.31. The molecule has 1 aliphatic rings. The molecule has 0 saturated carbocycles. The van der Waals surface area contributed by atoms with E-state index in [2.05, 4.69) is 25.6 Å². The zero-order valence-corrected chi connectivity index (χ0v) is 17.3. The average Bonchev–Trinajstić information content (AvgIpc) is 2.76. The van der Waals surface area contributed by atoms with E-state index in [1.165, 1.54) is 13.2 Å². The molecular formula is C22H27F2N5O. The van der Waals surface area contributed by atoms with Crippen LogP contribution in [-0.4, -0.2) is 61.7 Å². The molecule has 2 aromatic rings. The molecule has 8 heteroatoms. The molecule has 0 amide bonds. The predicted octanol–water partition coefficient (Wildman–Crippen LogP) is 2.89. The normalized spacial score (nSPS) is 19.9. The topological polar surface area (TPSA) is 71.4 Å². The molecule has 30 heavy (non-hydrogen) atoms. The highest BCUT2D eigenvalue weighted by atomic mass is 19.1. The number of aliphatic imine (C=N–C) groups is 1. The average molecular weight is 415 g/mol. The van der Waals surface area contributed by atoms with Crippen molar-refractivity contribution in [1.82, 2.24) is 20.6 Å². The lowest BCUT2D eigenvalue weighted by Crippen LogP contribution is -2.49. The van der Waals surface area contributed by atoms with Gasteiger partial charge in [0.1, 0.15) is 11.4 Å². The standard InChI is InChI=1S/C22H27F2N5O/c1-25-19(13-27-15-22(24)8-3-9-26-14-22)21-18(28-10-11-29-21)6-4-16-5-7-20(30-2)17(23)12-16/h4-7,10-12,26-27H,3,8-9,13-15H2,1-2H3/b6-4+,25-19-. The van der Waals surface area contributed by atoms with Crippen LogP contribution >= 0.6 is 0 Å². The first-order valence-electron chi connectivity index (χ1n) is 9.94. The van der Waals surface area contributed by atoms with Gasteiger partial charge in [-0.1, -0.05) is 12.1 Å². The van der Waals surface area contributed by atoms with Gasteiger partial charge in [0, 0.05) is 39.1 Å². The molecule has 0 spiro atoms. The number of ether oxygens (including phenoxy) is 1. The van der Waals surface area contributed by atoms with Gasteiger partial charge in [-0.05, 0) is 43.2 Å². The minimum absolute atomic E-state index is 0.192. The first-order valence-corrected chi connectivity index (χ1v) is 9.94. The number of alkyl halides is 1. The van der Waals surface area contributed by atoms with Crippen LogP contribution in [0.1, 0.15) is 29.8 Å². The summed E-state index contributed by atoms with van der Waals surface area (Å²) in [7, 11) is 3.10. The summed E-state index contributed by atoms with van der Waals surface area (Å²) in [6, 6.07) is 4.72. The number of hydrogen-bond acceptors (Lipinski definition) is 6. The fourth-order valence-electron chi connectivity index (χ4n) is 3.41. The lowest BCUT2D eigenvalue weighted by atomic mass is 9.96. The predicted molar refractivity (Wildman–Crippen MR) is 115 cm³/mol. The van der Waals surface area contributed by atoms with Gasteiger partial charge in [-0.25, -0.2) is 8.78 Å². The van der Waals surface area contributed by atoms with E-state index in [0.717, 1.165) is 13.0 Å². The van der Waals surface area contributed by atoms with Crippen LogP contribution < -0.4 is 15.4 Å². The number of nitrogens with one attached hydrogen (secondary N) is 2. The van der Waals surface area contributed by atoms with Crippen molar-refractivity contribution in [3.63, 3.8) is 0 Å². The summed E-state index contributed by atoms with van der Waals surface area (Å²) in [4.78, 5) is 13.1. The van der Waals surface area contributed by atoms with Gasteiger partial charge < -0.3 is 15.4 Å². The van der Waals surface area contributed by atoms with Crippen molar-refractivity contribution in [2.75, 3.05) is 40.3 Å². The quantitative estimate of drug-likeness (QED) is 0.649. The summed E-state index contributed by atoms with van der Waals surface area (Å²) in [5.41, 5.74) is 1.30. The summed E-state index contributed by atoms with van der Waals surface area (Å²) in [5.74, 6) is -0.242. The lowest BCUT2D eigenvalue weighted by Gasteiger charge is -2.30. The maximum atomic E-state index is 14.8. The third-order valence-electron chi connectivity index (χ3n) is 5.03. The van der Waals surface area contributed by atoms with Crippen molar-refractivity contribution >= 4 is 17.9 Å². The van der Waals surface area contributed by atoms with E-state index < -0.39 is 11.5 Å². The third-order valence-corrected chi connectivity index (χ3v) is 5.03. The first-order chi connectivity index (χ1) is 14.5. The summed E-state index contributed by atoms with van der Waals surface area (Å²) >= 11 is 0. The molecule has 2 N–H and O–H groups in total. The number of halogens is 2. The summed E-state index contributed by atoms with van der Waals surface area (Å²) in [6.45, 7) is 1.84. The highest BCUT2D eigenvalue weighted by molar-refractivity contribution is 6.03. The molecule has 0 aliphatic carbocycles. The zero-order chi connectivity index (χ0) is 21.4. The van der Waals surface area contributed by atoms with Gasteiger partial charge in [-0.3, -0.25) is 15.0 Å². The van der Waals surface area contributed by atoms with Crippen molar-refractivity contribution in [1.29, 1.82) is 0 Å². The second-order valence-electron chi connectivity index (χ2n) is 7.22. The van der Waals surface area contributed by atoms with Crippen molar-refractivity contribution in [3.05, 3.63) is 53.4 Å². The van der Waals surface area contributed by atoms with Gasteiger partial charge in [0.15, 0.2) is 11.6 Å². The first kappa shape index (κ1) is 22.0. The second kappa shape index (κ2) is 10.4. The highest BCUT2D eigenvalue weighted by Crippen LogP contribution is 2.20. The Labute approximate surface area is 175 Å². The van der Waals surface area contributed by atoms with Gasteiger partial charge in [0.25, 0.3) is 0 Å². The smallest absolute Gasteiger partial charge is 0.165 e. The van der Waals surface area contributed by atoms with Crippen molar-refractivity contribution in [3.8, 4) is 5.75 Å². The number of piperidine rings is 1. The van der Waals surface area contributed by atoms with Crippen LogP contribution in [0.25, 0.3) is 12.2 Å². The monoisotopic (exact) mass is 415 g/mol. The van der Waals surface area contributed by atoms with Gasteiger partial charge in [-0.15, -0.1) is 0 Å². The van der Waals surface area contributed by atoms with Crippen LogP contribution in [0.15, 0.2) is 35.6 Å². The Kier molecular flexibility index (Phi) is 7.59. The van der Waals surface area contributed by atoms with Crippen LogP contribution in [0.5, 0.6) is 5.75 Å². The lowest BCUT2D eigenvalue weighted by molar-refractivity contribution is 0.122. The van der Waals surface area contributed by atoms with Crippen LogP contribution in [0.4, 0.5) is 8.78 Å². The van der Waals surface area contributed by atoms with Crippen molar-refractivity contribution < 1.29 is 13.5 Å². The number of nitrogens with zero attached hydrogens (tertiary/aromatic N) is 3. The maximum absolute atomic E-state index is 14.8. The fourth-order valence-corrected chi connectivity index (χ4v) is 3.41. The molecule has 1 atom stereocenters. The van der Waals surface area contributed by atoms with Crippen molar-refractivity contribution in [2.45, 2.75) is 18.5 Å². The Balaban J connectivity index is 1.70. The molecule has 1 fully saturated rings. The Morgan fingerprint density at radius 2 is 2.17 bits per heavy atom. The van der Waals surface area contributed by atoms with Gasteiger partial charge in [-0.2, -0.15) is 0 Å². The Morgan fingerprint density at radius 1 is 1.33 bits per heavy atom. The maximum Gasteiger partial charge on any atom is 0.165 e. The molecule has 160 valence electrons. The number of methoxy groups -OCH3 is 1. The molecule has 3 rings (SSSR count). The summed E-state index contributed by atoms with van der Waals surface area (Å²) < 4.78 is 33.6. The molecule has 1 aromatic carbocycles. The molecule has 1 aromatic heterocycles. The fraction of sp³-hybridized carbons (Fsp3) is 0.409. The largest absolute Gasteiger partial charge is 0.494 e. The number of rotatable bonds is 8. The van der Waals surface area contributed by atoms with E-state index in [1.807, 2.05) is 0 Å². The van der Waals surface area contributed by atoms with Crippen LogP contribution in [0, 0.1) is 5.82 Å². The Morgan fingerprint density at radius 3 is 2.87 bits per heavy atom. The second-order valence-corrected chi connectivity index (χ2v) is 7.22. The minimum Gasteiger partial charge on any atom is -0.494 e. The number of benzene rings is 1. The molecular weight excluding hydrogens is 388 g/mol. The van der Waals surface area contributed by atoms with E-state index in [4.69, 9.17) is 4.74 Å². The van der Waals surface area contributed by atoms with E-state index in [9.17, 15) is 8.78 Å². The molecule has 6 nitrogen and oxygen atoms in total. The van der Waals surface area contributed by atoms with E-state index in [-0.39, 0.29) is 12.3 Å². The zero-order valence-electron chi connectivity index (χ0n) is 17.3. The van der Waals surface area contributed by atoms with Crippen LogP contribution in [0.2, 0.25) is 0 Å². The van der Waals surface area contributed by atoms with E-state index in [0.29, 0.717) is 42.2 Å². The molecule has 0 bridgehead atoms. The SMILES string of the molecule is C/N=C(/CNCC1(F)CCCNC1)c1nccnc1/C=C/c1ccc(OC)c(F)c1. The summed E-state index contributed by atoms with van der Waals surface area (Å²) in [6.07, 6.45) is 8.06. The molecule has 0 radical (unpaired) electrons. The number of hydrogen-bond donors (Lipinski definition) is 2.